The number of aryl methyl sites for hydroxylation is 1. The molecule has 0 N–H and O–H groups in total. The summed E-state index contributed by atoms with van der Waals surface area (Å²) >= 11 is 7.62. The number of likely N-dealkylation sites (N-methyl/N-ethyl adjacent to an activating group) is 1. The minimum Gasteiger partial charge on any atom is -0.339 e. The van der Waals surface area contributed by atoms with Crippen LogP contribution in [0, 0.1) is 6.92 Å². The summed E-state index contributed by atoms with van der Waals surface area (Å²) in [4.78, 5) is 22.3. The number of nitrogens with zero attached hydrogens (tertiary/aromatic N) is 6. The number of hydrogen-bond donors (Lipinski definition) is 0. The Morgan fingerprint density at radius 1 is 1.11 bits per heavy atom. The normalized spacial score (nSPS) is 15.7. The monoisotopic (exact) mass is 508 g/mol. The first-order valence-corrected chi connectivity index (χ1v) is 13.2. The van der Waals surface area contributed by atoms with Crippen molar-refractivity contribution in [2.24, 2.45) is 0 Å². The van der Waals surface area contributed by atoms with Gasteiger partial charge in [-0.1, -0.05) is 54.0 Å². The van der Waals surface area contributed by atoms with E-state index >= 15 is 0 Å². The Hall–Kier alpha value is -2.68. The summed E-state index contributed by atoms with van der Waals surface area (Å²) in [7, 11) is 0. The van der Waals surface area contributed by atoms with Gasteiger partial charge in [0, 0.05) is 43.1 Å². The molecular weight excluding hydrogens is 480 g/mol. The van der Waals surface area contributed by atoms with Crippen molar-refractivity contribution in [1.82, 2.24) is 29.5 Å². The first-order chi connectivity index (χ1) is 16.9. The van der Waals surface area contributed by atoms with Crippen LogP contribution in [0.2, 0.25) is 5.02 Å². The Kier molecular flexibility index (Phi) is 6.95. The van der Waals surface area contributed by atoms with Crippen molar-refractivity contribution in [2.75, 3.05) is 32.7 Å². The van der Waals surface area contributed by atoms with Gasteiger partial charge in [0.25, 0.3) is 0 Å². The lowest BCUT2D eigenvalue weighted by Crippen LogP contribution is -2.50. The number of carbonyl (C=O) groups is 1. The van der Waals surface area contributed by atoms with Gasteiger partial charge < -0.3 is 14.4 Å². The van der Waals surface area contributed by atoms with Gasteiger partial charge in [-0.05, 0) is 50.2 Å². The standard InChI is InChI=1S/C26H29ClN6OS/c1-4-31-10-12-32(13-11-31)25(34)18(3)35-26-28-24-23(29-30-26)21-14-17(2)8-9-22(21)33(24)16-19-6-5-7-20(27)15-19/h5-9,14-15,18H,4,10-13,16H2,1-3H3. The fourth-order valence-electron chi connectivity index (χ4n) is 4.63. The summed E-state index contributed by atoms with van der Waals surface area (Å²) in [5, 5.41) is 10.9. The number of piperazine rings is 1. The second kappa shape index (κ2) is 10.1. The molecule has 9 heteroatoms. The SMILES string of the molecule is CCN1CCN(C(=O)C(C)Sc2nnc3c4cc(C)ccc4n(Cc4cccc(Cl)c4)c3n2)CC1. The zero-order valence-electron chi connectivity index (χ0n) is 20.2. The van der Waals surface area contributed by atoms with Crippen LogP contribution in [0.25, 0.3) is 22.1 Å². The zero-order valence-corrected chi connectivity index (χ0v) is 21.8. The molecule has 1 aliphatic heterocycles. The Morgan fingerprint density at radius 2 is 1.91 bits per heavy atom. The molecule has 3 heterocycles. The van der Waals surface area contributed by atoms with Crippen LogP contribution in [0.4, 0.5) is 0 Å². The second-order valence-corrected chi connectivity index (χ2v) is 10.8. The maximum Gasteiger partial charge on any atom is 0.235 e. The van der Waals surface area contributed by atoms with Gasteiger partial charge in [0.2, 0.25) is 11.1 Å². The fourth-order valence-corrected chi connectivity index (χ4v) is 5.64. The lowest BCUT2D eigenvalue weighted by atomic mass is 10.1. The number of benzene rings is 2. The molecule has 2 aromatic heterocycles. The lowest BCUT2D eigenvalue weighted by Gasteiger charge is -2.35. The van der Waals surface area contributed by atoms with Crippen LogP contribution in [-0.2, 0) is 11.3 Å². The number of hydrogen-bond acceptors (Lipinski definition) is 6. The van der Waals surface area contributed by atoms with E-state index in [2.05, 4.69) is 57.8 Å². The fraction of sp³-hybridized carbons (Fsp3) is 0.385. The number of amides is 1. The van der Waals surface area contributed by atoms with E-state index in [9.17, 15) is 4.79 Å². The molecular formula is C26H29ClN6OS. The van der Waals surface area contributed by atoms with Crippen molar-refractivity contribution in [1.29, 1.82) is 0 Å². The van der Waals surface area contributed by atoms with Crippen LogP contribution in [0.1, 0.15) is 25.0 Å². The topological polar surface area (TPSA) is 67.2 Å². The molecule has 0 radical (unpaired) electrons. The van der Waals surface area contributed by atoms with E-state index in [0.29, 0.717) is 16.7 Å². The van der Waals surface area contributed by atoms with E-state index in [0.717, 1.165) is 65.9 Å². The molecule has 1 atom stereocenters. The van der Waals surface area contributed by atoms with Crippen LogP contribution in [0.15, 0.2) is 47.6 Å². The van der Waals surface area contributed by atoms with Gasteiger partial charge in [-0.2, -0.15) is 0 Å². The maximum absolute atomic E-state index is 13.1. The molecule has 1 fully saturated rings. The molecule has 1 amide bonds. The average molecular weight is 509 g/mol. The third kappa shape index (κ3) is 5.01. The average Bonchev–Trinajstić information content (AvgIpc) is 3.15. The van der Waals surface area contributed by atoms with Crippen LogP contribution < -0.4 is 0 Å². The molecule has 0 saturated carbocycles. The summed E-state index contributed by atoms with van der Waals surface area (Å²) in [5.74, 6) is 0.129. The first-order valence-electron chi connectivity index (χ1n) is 12.0. The van der Waals surface area contributed by atoms with Gasteiger partial charge in [-0.15, -0.1) is 10.2 Å². The molecule has 5 rings (SSSR count). The van der Waals surface area contributed by atoms with Crippen LogP contribution >= 0.6 is 23.4 Å². The Bertz CT molecular complexity index is 1380. The molecule has 182 valence electrons. The predicted octanol–water partition coefficient (Wildman–Crippen LogP) is 4.63. The van der Waals surface area contributed by atoms with E-state index in [1.807, 2.05) is 30.0 Å². The third-order valence-corrected chi connectivity index (χ3v) is 7.77. The summed E-state index contributed by atoms with van der Waals surface area (Å²) in [5.41, 5.74) is 4.82. The van der Waals surface area contributed by atoms with Gasteiger partial charge in [-0.3, -0.25) is 4.79 Å². The van der Waals surface area contributed by atoms with E-state index < -0.39 is 0 Å². The third-order valence-electron chi connectivity index (χ3n) is 6.59. The molecule has 1 saturated heterocycles. The molecule has 7 nitrogen and oxygen atoms in total. The largest absolute Gasteiger partial charge is 0.339 e. The van der Waals surface area contributed by atoms with Crippen molar-refractivity contribution >= 4 is 51.3 Å². The van der Waals surface area contributed by atoms with Gasteiger partial charge in [0.15, 0.2) is 5.65 Å². The van der Waals surface area contributed by atoms with Crippen molar-refractivity contribution in [3.05, 3.63) is 58.6 Å². The summed E-state index contributed by atoms with van der Waals surface area (Å²) in [6, 6.07) is 14.2. The van der Waals surface area contributed by atoms with Crippen molar-refractivity contribution in [3.63, 3.8) is 0 Å². The lowest BCUT2D eigenvalue weighted by molar-refractivity contribution is -0.132. The highest BCUT2D eigenvalue weighted by Gasteiger charge is 2.26. The highest BCUT2D eigenvalue weighted by Crippen LogP contribution is 2.30. The van der Waals surface area contributed by atoms with Gasteiger partial charge >= 0.3 is 0 Å². The van der Waals surface area contributed by atoms with E-state index in [-0.39, 0.29) is 11.2 Å². The molecule has 1 aliphatic rings. The maximum atomic E-state index is 13.1. The predicted molar refractivity (Wildman–Crippen MR) is 142 cm³/mol. The van der Waals surface area contributed by atoms with Gasteiger partial charge in [-0.25, -0.2) is 4.98 Å². The number of carbonyl (C=O) groups excluding carboxylic acids is 1. The minimum absolute atomic E-state index is 0.129. The van der Waals surface area contributed by atoms with E-state index in [1.165, 1.54) is 11.8 Å². The van der Waals surface area contributed by atoms with E-state index in [1.54, 1.807) is 0 Å². The molecule has 1 unspecified atom stereocenters. The Balaban J connectivity index is 1.45. The second-order valence-electron chi connectivity index (χ2n) is 9.02. The zero-order chi connectivity index (χ0) is 24.5. The number of fused-ring (bicyclic) bond motifs is 3. The number of aromatic nitrogens is 4. The van der Waals surface area contributed by atoms with Crippen LogP contribution in [0.3, 0.4) is 0 Å². The van der Waals surface area contributed by atoms with Gasteiger partial charge in [0.05, 0.1) is 10.8 Å². The van der Waals surface area contributed by atoms with Crippen molar-refractivity contribution in [2.45, 2.75) is 37.7 Å². The van der Waals surface area contributed by atoms with Crippen LogP contribution in [0.5, 0.6) is 0 Å². The highest BCUT2D eigenvalue weighted by atomic mass is 35.5. The summed E-state index contributed by atoms with van der Waals surface area (Å²) in [6.07, 6.45) is 0. The summed E-state index contributed by atoms with van der Waals surface area (Å²) in [6.45, 7) is 11.2. The molecule has 0 spiro atoms. The molecule has 2 aromatic carbocycles. The van der Waals surface area contributed by atoms with Gasteiger partial charge in [0.1, 0.15) is 5.52 Å². The smallest absolute Gasteiger partial charge is 0.235 e. The van der Waals surface area contributed by atoms with E-state index in [4.69, 9.17) is 16.6 Å². The number of rotatable bonds is 6. The number of halogens is 1. The molecule has 0 bridgehead atoms. The van der Waals surface area contributed by atoms with Crippen molar-refractivity contribution < 1.29 is 4.79 Å². The molecule has 4 aromatic rings. The Labute approximate surface area is 214 Å². The highest BCUT2D eigenvalue weighted by molar-refractivity contribution is 8.00. The minimum atomic E-state index is -0.282. The molecule has 35 heavy (non-hydrogen) atoms. The first kappa shape index (κ1) is 24.0. The van der Waals surface area contributed by atoms with Crippen molar-refractivity contribution in [3.8, 4) is 0 Å². The molecule has 0 aliphatic carbocycles. The number of thioether (sulfide) groups is 1. The summed E-state index contributed by atoms with van der Waals surface area (Å²) < 4.78 is 2.16. The van der Waals surface area contributed by atoms with Crippen LogP contribution in [-0.4, -0.2) is 73.4 Å². The Morgan fingerprint density at radius 3 is 2.66 bits per heavy atom. The quantitative estimate of drug-likeness (QED) is 0.354.